The third-order valence-electron chi connectivity index (χ3n) is 6.16. The van der Waals surface area contributed by atoms with Gasteiger partial charge in [0.2, 0.25) is 16.7 Å². The second-order valence-corrected chi connectivity index (χ2v) is 11.4. The van der Waals surface area contributed by atoms with E-state index in [1.165, 1.54) is 6.92 Å². The summed E-state index contributed by atoms with van der Waals surface area (Å²) in [5, 5.41) is 5.18. The fourth-order valence-corrected chi connectivity index (χ4v) is 5.65. The zero-order valence-electron chi connectivity index (χ0n) is 27.4. The Labute approximate surface area is 277 Å². The molecule has 17 nitrogen and oxygen atoms in total. The van der Waals surface area contributed by atoms with Gasteiger partial charge in [0, 0.05) is 53.3 Å². The van der Waals surface area contributed by atoms with E-state index < -0.39 is 77.8 Å². The van der Waals surface area contributed by atoms with Crippen molar-refractivity contribution in [1.82, 2.24) is 10.6 Å². The number of hydrogen-bond donors (Lipinski definition) is 2. The van der Waals surface area contributed by atoms with Gasteiger partial charge in [0.1, 0.15) is 18.8 Å². The molecule has 47 heavy (non-hydrogen) atoms. The minimum atomic E-state index is -1.92. The highest BCUT2D eigenvalue weighted by atomic mass is 32.2. The maximum Gasteiger partial charge on any atom is 0.348 e. The fourth-order valence-electron chi connectivity index (χ4n) is 4.45. The molecule has 2 amide bonds. The standard InChI is InChI=1S/C29H44N2O15S/c1-8-24(37)30-9-10-40-11-12-41-13-14-47-29(28(38)39-7)15-22(43-19(4)34)25(31-17(2)32)27(46-29)26(45-21(6)36)23(44-20(5)35)16-42-18(3)33/h8,22-23,25-27H,1,9-16H2,2-7H3,(H,30,37)(H,31,32)/t22-,23+,25+,26+,27+,29-/m0/s1. The van der Waals surface area contributed by atoms with Gasteiger partial charge >= 0.3 is 29.8 Å². The molecule has 1 rings (SSSR count). The van der Waals surface area contributed by atoms with Crippen LogP contribution in [0.1, 0.15) is 41.0 Å². The van der Waals surface area contributed by atoms with Crippen LogP contribution >= 0.6 is 11.8 Å². The van der Waals surface area contributed by atoms with Crippen LogP contribution < -0.4 is 10.6 Å². The largest absolute Gasteiger partial charge is 0.466 e. The second kappa shape index (κ2) is 21.2. The normalized spacial score (nSPS) is 21.6. The SMILES string of the molecule is C=CC(=O)NCCOCCOCCS[C@]1(C(=O)OC)C[C@H](OC(C)=O)[C@@H](NC(C)=O)[C@H]([C@H](OC(C)=O)[C@@H](COC(C)=O)OC(C)=O)O1. The minimum Gasteiger partial charge on any atom is -0.466 e. The van der Waals surface area contributed by atoms with E-state index >= 15 is 0 Å². The quantitative estimate of drug-likeness (QED) is 0.0716. The third kappa shape index (κ3) is 15.1. The Morgan fingerprint density at radius 1 is 0.915 bits per heavy atom. The van der Waals surface area contributed by atoms with Gasteiger partial charge in [0.25, 0.3) is 0 Å². The van der Waals surface area contributed by atoms with Gasteiger partial charge in [0.05, 0.1) is 39.6 Å². The van der Waals surface area contributed by atoms with Crippen molar-refractivity contribution >= 4 is 53.4 Å². The Bertz CT molecular complexity index is 1120. The number of ether oxygens (including phenoxy) is 8. The van der Waals surface area contributed by atoms with Crippen LogP contribution in [0.15, 0.2) is 12.7 Å². The highest BCUT2D eigenvalue weighted by Gasteiger charge is 2.58. The number of hydrogen-bond acceptors (Lipinski definition) is 16. The summed E-state index contributed by atoms with van der Waals surface area (Å²) < 4.78 is 43.8. The summed E-state index contributed by atoms with van der Waals surface area (Å²) >= 11 is 0.934. The minimum absolute atomic E-state index is 0.0945. The summed E-state index contributed by atoms with van der Waals surface area (Å²) in [5.74, 6) is -4.89. The molecule has 2 N–H and O–H groups in total. The number of carbonyl (C=O) groups is 7. The van der Waals surface area contributed by atoms with Gasteiger partial charge in [-0.05, 0) is 6.08 Å². The lowest BCUT2D eigenvalue weighted by molar-refractivity contribution is -0.224. The number of methoxy groups -OCH3 is 1. The van der Waals surface area contributed by atoms with Crippen LogP contribution in [0, 0.1) is 0 Å². The Balaban J connectivity index is 3.36. The monoisotopic (exact) mass is 692 g/mol. The van der Waals surface area contributed by atoms with Crippen LogP contribution in [0.5, 0.6) is 0 Å². The molecule has 18 heteroatoms. The summed E-state index contributed by atoms with van der Waals surface area (Å²) in [7, 11) is 1.11. The maximum atomic E-state index is 13.4. The molecule has 1 fully saturated rings. The fraction of sp³-hybridized carbons (Fsp3) is 0.690. The van der Waals surface area contributed by atoms with Gasteiger partial charge in [-0.1, -0.05) is 6.58 Å². The molecule has 6 atom stereocenters. The van der Waals surface area contributed by atoms with E-state index in [1.54, 1.807) is 0 Å². The van der Waals surface area contributed by atoms with Crippen molar-refractivity contribution in [3.63, 3.8) is 0 Å². The van der Waals surface area contributed by atoms with Crippen LogP contribution in [0.2, 0.25) is 0 Å². The zero-order chi connectivity index (χ0) is 35.6. The molecule has 0 unspecified atom stereocenters. The van der Waals surface area contributed by atoms with Crippen molar-refractivity contribution in [2.24, 2.45) is 0 Å². The molecule has 1 aliphatic rings. The van der Waals surface area contributed by atoms with E-state index in [9.17, 15) is 33.6 Å². The lowest BCUT2D eigenvalue weighted by Crippen LogP contribution is -2.68. The summed E-state index contributed by atoms with van der Waals surface area (Å²) in [6.45, 7) is 9.33. The van der Waals surface area contributed by atoms with Crippen molar-refractivity contribution in [1.29, 1.82) is 0 Å². The molecule has 0 spiro atoms. The van der Waals surface area contributed by atoms with Gasteiger partial charge in [-0.25, -0.2) is 4.79 Å². The topological polar surface area (TPSA) is 217 Å². The lowest BCUT2D eigenvalue weighted by Gasteiger charge is -2.48. The Morgan fingerprint density at radius 2 is 1.55 bits per heavy atom. The van der Waals surface area contributed by atoms with Gasteiger partial charge < -0.3 is 48.5 Å². The number of rotatable bonds is 20. The van der Waals surface area contributed by atoms with Gasteiger partial charge in [-0.2, -0.15) is 0 Å². The van der Waals surface area contributed by atoms with Crippen molar-refractivity contribution in [2.45, 2.75) is 76.4 Å². The van der Waals surface area contributed by atoms with Crippen molar-refractivity contribution in [2.75, 3.05) is 52.4 Å². The van der Waals surface area contributed by atoms with Crippen molar-refractivity contribution < 1.29 is 71.5 Å². The average molecular weight is 693 g/mol. The summed E-state index contributed by atoms with van der Waals surface area (Å²) in [5.41, 5.74) is 0. The summed E-state index contributed by atoms with van der Waals surface area (Å²) in [6.07, 6.45) is -5.02. The van der Waals surface area contributed by atoms with E-state index in [0.717, 1.165) is 52.6 Å². The molecular formula is C29H44N2O15S. The zero-order valence-corrected chi connectivity index (χ0v) is 28.2. The lowest BCUT2D eigenvalue weighted by atomic mass is 9.89. The molecule has 0 bridgehead atoms. The smallest absolute Gasteiger partial charge is 0.348 e. The van der Waals surface area contributed by atoms with E-state index in [-0.39, 0.29) is 51.1 Å². The van der Waals surface area contributed by atoms with E-state index in [4.69, 9.17) is 37.9 Å². The first-order valence-corrected chi connectivity index (χ1v) is 15.5. The number of thioether (sulfide) groups is 1. The summed E-state index contributed by atoms with van der Waals surface area (Å²) in [4.78, 5) is 83.2. The van der Waals surface area contributed by atoms with Gasteiger partial charge in [-0.3, -0.25) is 28.8 Å². The predicted octanol–water partition coefficient (Wildman–Crippen LogP) is -0.424. The van der Waals surface area contributed by atoms with Crippen LogP contribution in [-0.2, 0) is 71.5 Å². The first-order valence-electron chi connectivity index (χ1n) is 14.5. The van der Waals surface area contributed by atoms with E-state index in [2.05, 4.69) is 17.2 Å². The van der Waals surface area contributed by atoms with Crippen molar-refractivity contribution in [3.8, 4) is 0 Å². The molecule has 266 valence electrons. The molecule has 0 aliphatic carbocycles. The predicted molar refractivity (Wildman–Crippen MR) is 162 cm³/mol. The highest BCUT2D eigenvalue weighted by molar-refractivity contribution is 8.01. The van der Waals surface area contributed by atoms with Gasteiger partial charge in [0.15, 0.2) is 12.2 Å². The molecule has 1 heterocycles. The summed E-state index contributed by atoms with van der Waals surface area (Å²) in [6, 6.07) is -1.25. The Hall–Kier alpha value is -3.74. The number of nitrogens with one attached hydrogen (secondary N) is 2. The third-order valence-corrected chi connectivity index (χ3v) is 7.43. The second-order valence-electron chi connectivity index (χ2n) is 10.00. The first-order chi connectivity index (χ1) is 22.1. The van der Waals surface area contributed by atoms with Crippen LogP contribution in [0.4, 0.5) is 0 Å². The van der Waals surface area contributed by atoms with E-state index in [1.807, 2.05) is 0 Å². The number of amides is 2. The van der Waals surface area contributed by atoms with Crippen LogP contribution in [-0.4, -0.2) is 129 Å². The Morgan fingerprint density at radius 3 is 2.09 bits per heavy atom. The molecule has 1 aliphatic heterocycles. The van der Waals surface area contributed by atoms with Crippen LogP contribution in [0.3, 0.4) is 0 Å². The van der Waals surface area contributed by atoms with E-state index in [0.29, 0.717) is 0 Å². The first kappa shape index (κ1) is 41.3. The molecule has 0 saturated carbocycles. The maximum absolute atomic E-state index is 13.4. The van der Waals surface area contributed by atoms with Gasteiger partial charge in [-0.15, -0.1) is 11.8 Å². The Kier molecular flexibility index (Phi) is 18.6. The van der Waals surface area contributed by atoms with Crippen molar-refractivity contribution in [3.05, 3.63) is 12.7 Å². The molecule has 0 aromatic heterocycles. The molecule has 0 aromatic rings. The van der Waals surface area contributed by atoms with Crippen LogP contribution in [0.25, 0.3) is 0 Å². The molecular weight excluding hydrogens is 648 g/mol. The number of carbonyl (C=O) groups excluding carboxylic acids is 7. The molecule has 0 aromatic carbocycles. The molecule has 0 radical (unpaired) electrons. The number of esters is 5. The highest BCUT2D eigenvalue weighted by Crippen LogP contribution is 2.42. The average Bonchev–Trinajstić information content (AvgIpc) is 2.98. The molecule has 1 saturated heterocycles.